The van der Waals surface area contributed by atoms with Gasteiger partial charge in [-0.25, -0.2) is 0 Å². The number of rotatable bonds is 4. The van der Waals surface area contributed by atoms with E-state index < -0.39 is 6.10 Å². The summed E-state index contributed by atoms with van der Waals surface area (Å²) in [4.78, 5) is 0. The number of halogens is 1. The summed E-state index contributed by atoms with van der Waals surface area (Å²) < 4.78 is 7.54. The number of aryl methyl sites for hydroxylation is 2. The first kappa shape index (κ1) is 13.9. The van der Waals surface area contributed by atoms with Crippen LogP contribution in [0.4, 0.5) is 0 Å². The molecule has 0 aliphatic heterocycles. The third kappa shape index (κ3) is 3.28. The molecule has 0 bridgehead atoms. The van der Waals surface area contributed by atoms with Crippen LogP contribution in [0.5, 0.6) is 5.75 Å². The van der Waals surface area contributed by atoms with E-state index in [0.29, 0.717) is 22.9 Å². The summed E-state index contributed by atoms with van der Waals surface area (Å²) in [5, 5.41) is 14.6. The van der Waals surface area contributed by atoms with Crippen molar-refractivity contribution in [3.8, 4) is 5.75 Å². The van der Waals surface area contributed by atoms with Gasteiger partial charge in [-0.1, -0.05) is 11.6 Å². The second-order valence-corrected chi connectivity index (χ2v) is 4.98. The van der Waals surface area contributed by atoms with E-state index >= 15 is 0 Å². The van der Waals surface area contributed by atoms with Gasteiger partial charge in [-0.05, 0) is 38.1 Å². The van der Waals surface area contributed by atoms with Gasteiger partial charge in [0.15, 0.2) is 0 Å². The number of hydrogen-bond acceptors (Lipinski definition) is 3. The summed E-state index contributed by atoms with van der Waals surface area (Å²) in [7, 11) is 1.88. The molecule has 2 rings (SSSR count). The minimum atomic E-state index is -0.623. The van der Waals surface area contributed by atoms with Crippen molar-refractivity contribution in [2.45, 2.75) is 26.6 Å². The van der Waals surface area contributed by atoms with E-state index in [9.17, 15) is 5.11 Å². The van der Waals surface area contributed by atoms with E-state index in [2.05, 4.69) is 5.10 Å². The van der Waals surface area contributed by atoms with Crippen molar-refractivity contribution in [1.82, 2.24) is 9.78 Å². The van der Waals surface area contributed by atoms with Crippen LogP contribution in [0, 0.1) is 6.92 Å². The lowest BCUT2D eigenvalue weighted by atomic mass is 10.1. The highest BCUT2D eigenvalue weighted by Gasteiger charge is 2.11. The predicted molar refractivity (Wildman–Crippen MR) is 74.4 cm³/mol. The maximum atomic E-state index is 9.73. The lowest BCUT2D eigenvalue weighted by Crippen LogP contribution is -2.05. The lowest BCUT2D eigenvalue weighted by molar-refractivity contribution is 0.189. The van der Waals surface area contributed by atoms with E-state index in [-0.39, 0.29) is 0 Å². The van der Waals surface area contributed by atoms with Crippen LogP contribution in [-0.4, -0.2) is 14.9 Å². The van der Waals surface area contributed by atoms with Crippen molar-refractivity contribution in [3.05, 3.63) is 46.2 Å². The minimum Gasteiger partial charge on any atom is -0.487 e. The van der Waals surface area contributed by atoms with Crippen LogP contribution < -0.4 is 4.74 Å². The molecule has 1 unspecified atom stereocenters. The Morgan fingerprint density at radius 1 is 1.42 bits per heavy atom. The minimum absolute atomic E-state index is 0.401. The second-order valence-electron chi connectivity index (χ2n) is 4.55. The third-order valence-corrected chi connectivity index (χ3v) is 3.13. The van der Waals surface area contributed by atoms with Crippen molar-refractivity contribution in [3.63, 3.8) is 0 Å². The molecule has 0 saturated carbocycles. The Hall–Kier alpha value is -1.52. The van der Waals surface area contributed by atoms with Crippen LogP contribution in [0.3, 0.4) is 0 Å². The summed E-state index contributed by atoms with van der Waals surface area (Å²) in [5.41, 5.74) is 2.61. The summed E-state index contributed by atoms with van der Waals surface area (Å²) >= 11 is 5.93. The third-order valence-electron chi connectivity index (χ3n) is 2.90. The number of ether oxygens (including phenoxy) is 1. The fraction of sp³-hybridized carbons (Fsp3) is 0.357. The van der Waals surface area contributed by atoms with E-state index in [0.717, 1.165) is 11.4 Å². The molecule has 1 N–H and O–H groups in total. The van der Waals surface area contributed by atoms with Crippen LogP contribution in [0.25, 0.3) is 0 Å². The van der Waals surface area contributed by atoms with Gasteiger partial charge < -0.3 is 9.84 Å². The maximum Gasteiger partial charge on any atom is 0.130 e. The Balaban J connectivity index is 2.17. The molecule has 0 radical (unpaired) electrons. The molecule has 5 heteroatoms. The molecule has 1 aromatic heterocycles. The summed E-state index contributed by atoms with van der Waals surface area (Å²) in [5.74, 6) is 0.637. The summed E-state index contributed by atoms with van der Waals surface area (Å²) in [6.07, 6.45) is -0.623. The van der Waals surface area contributed by atoms with Gasteiger partial charge in [-0.2, -0.15) is 5.10 Å². The second kappa shape index (κ2) is 5.63. The highest BCUT2D eigenvalue weighted by molar-refractivity contribution is 6.30. The fourth-order valence-electron chi connectivity index (χ4n) is 1.93. The van der Waals surface area contributed by atoms with E-state index in [1.165, 1.54) is 0 Å². The van der Waals surface area contributed by atoms with Crippen molar-refractivity contribution in [1.29, 1.82) is 0 Å². The number of aromatic nitrogens is 2. The van der Waals surface area contributed by atoms with Gasteiger partial charge in [0.2, 0.25) is 0 Å². The van der Waals surface area contributed by atoms with Crippen molar-refractivity contribution in [2.24, 2.45) is 7.05 Å². The zero-order valence-corrected chi connectivity index (χ0v) is 12.0. The van der Waals surface area contributed by atoms with E-state index in [1.54, 1.807) is 29.8 Å². The molecular weight excluding hydrogens is 264 g/mol. The highest BCUT2D eigenvalue weighted by atomic mass is 35.5. The quantitative estimate of drug-likeness (QED) is 0.936. The van der Waals surface area contributed by atoms with E-state index in [4.69, 9.17) is 16.3 Å². The number of aliphatic hydroxyl groups is 1. The van der Waals surface area contributed by atoms with Gasteiger partial charge in [0.25, 0.3) is 0 Å². The zero-order valence-electron chi connectivity index (χ0n) is 11.2. The fourth-order valence-corrected chi connectivity index (χ4v) is 2.11. The van der Waals surface area contributed by atoms with Gasteiger partial charge in [0.1, 0.15) is 12.4 Å². The lowest BCUT2D eigenvalue weighted by Gasteiger charge is -2.13. The van der Waals surface area contributed by atoms with Gasteiger partial charge in [0, 0.05) is 17.6 Å². The molecule has 2 aromatic rings. The molecule has 0 aliphatic rings. The number of benzene rings is 1. The van der Waals surface area contributed by atoms with Crippen molar-refractivity contribution < 1.29 is 9.84 Å². The Morgan fingerprint density at radius 3 is 2.74 bits per heavy atom. The summed E-state index contributed by atoms with van der Waals surface area (Å²) in [6, 6.07) is 7.21. The Kier molecular flexibility index (Phi) is 4.12. The topological polar surface area (TPSA) is 47.3 Å². The molecule has 0 fully saturated rings. The van der Waals surface area contributed by atoms with E-state index in [1.807, 2.05) is 20.0 Å². The van der Waals surface area contributed by atoms with Crippen LogP contribution >= 0.6 is 11.6 Å². The first-order valence-corrected chi connectivity index (χ1v) is 6.45. The molecule has 0 spiro atoms. The molecule has 1 atom stereocenters. The molecule has 0 saturated heterocycles. The average molecular weight is 281 g/mol. The molecule has 1 aromatic carbocycles. The molecule has 4 nitrogen and oxygen atoms in total. The highest BCUT2D eigenvalue weighted by Crippen LogP contribution is 2.28. The zero-order chi connectivity index (χ0) is 14.0. The standard InChI is InChI=1S/C14H17ClN2O2/c1-9-6-12(17(3)16-9)8-19-14-5-4-11(15)7-13(14)10(2)18/h4-7,10,18H,8H2,1-3H3. The molecule has 19 heavy (non-hydrogen) atoms. The van der Waals surface area contributed by atoms with Crippen molar-refractivity contribution in [2.75, 3.05) is 0 Å². The number of hydrogen-bond donors (Lipinski definition) is 1. The van der Waals surface area contributed by atoms with Gasteiger partial charge in [-0.3, -0.25) is 4.68 Å². The van der Waals surface area contributed by atoms with Gasteiger partial charge in [0.05, 0.1) is 17.5 Å². The van der Waals surface area contributed by atoms with Crippen LogP contribution in [0.2, 0.25) is 5.02 Å². The van der Waals surface area contributed by atoms with Gasteiger partial charge in [-0.15, -0.1) is 0 Å². The largest absolute Gasteiger partial charge is 0.487 e. The molecule has 1 heterocycles. The van der Waals surface area contributed by atoms with Gasteiger partial charge >= 0.3 is 0 Å². The molecular formula is C14H17ClN2O2. The molecule has 0 amide bonds. The first-order valence-electron chi connectivity index (χ1n) is 6.07. The Bertz CT molecular complexity index is 579. The smallest absolute Gasteiger partial charge is 0.130 e. The SMILES string of the molecule is Cc1cc(COc2ccc(Cl)cc2C(C)O)n(C)n1. The van der Waals surface area contributed by atoms with Crippen LogP contribution in [0.1, 0.15) is 30.0 Å². The average Bonchev–Trinajstić information content (AvgIpc) is 2.66. The normalized spacial score (nSPS) is 12.5. The molecule has 102 valence electrons. The number of nitrogens with zero attached hydrogens (tertiary/aromatic N) is 2. The van der Waals surface area contributed by atoms with Crippen LogP contribution in [-0.2, 0) is 13.7 Å². The Morgan fingerprint density at radius 2 is 2.16 bits per heavy atom. The Labute approximate surface area is 117 Å². The predicted octanol–water partition coefficient (Wildman–Crippen LogP) is 3.01. The number of aliphatic hydroxyl groups excluding tert-OH is 1. The van der Waals surface area contributed by atoms with Crippen molar-refractivity contribution >= 4 is 11.6 Å². The maximum absolute atomic E-state index is 9.73. The van der Waals surface area contributed by atoms with Crippen LogP contribution in [0.15, 0.2) is 24.3 Å². The summed E-state index contributed by atoms with van der Waals surface area (Å²) in [6.45, 7) is 4.03. The molecule has 0 aliphatic carbocycles. The first-order chi connectivity index (χ1) is 8.97. The monoisotopic (exact) mass is 280 g/mol.